The standard InChI is InChI=1S/C25H34F2O7/c1-2-3-22(25(30)31)32-12-15-4-7-19-18(21(29)11-23(19)33-13-15)8-6-17(28)14-34-24-10-16(26)5-9-20(24)27/h5-6,8-10,15,17-19,21-23,28-29H,2-4,7,11-14H2,1H3,(H,30,31)/t15-,17+,18+,19+,21+,22?,23-/m0/s1. The first kappa shape index (κ1) is 26.5. The Kier molecular flexibility index (Phi) is 9.82. The number of hydrogen-bond donors (Lipinski definition) is 3. The van der Waals surface area contributed by atoms with E-state index in [1.807, 2.05) is 6.92 Å². The molecule has 0 bridgehead atoms. The normalized spacial score (nSPS) is 28.9. The van der Waals surface area contributed by atoms with Crippen molar-refractivity contribution in [1.29, 1.82) is 0 Å². The molecule has 3 N–H and O–H groups in total. The minimum Gasteiger partial charge on any atom is -0.487 e. The first-order valence-corrected chi connectivity index (χ1v) is 11.9. The van der Waals surface area contributed by atoms with E-state index in [1.54, 1.807) is 6.08 Å². The number of aliphatic carboxylic acids is 1. The summed E-state index contributed by atoms with van der Waals surface area (Å²) in [5.74, 6) is -2.68. The van der Waals surface area contributed by atoms with Gasteiger partial charge >= 0.3 is 5.97 Å². The molecule has 2 fully saturated rings. The molecule has 0 amide bonds. The summed E-state index contributed by atoms with van der Waals surface area (Å²) in [4.78, 5) is 11.3. The Morgan fingerprint density at radius 2 is 2.12 bits per heavy atom. The average molecular weight is 485 g/mol. The van der Waals surface area contributed by atoms with Gasteiger partial charge in [0, 0.05) is 24.3 Å². The van der Waals surface area contributed by atoms with Gasteiger partial charge in [0.1, 0.15) is 18.5 Å². The lowest BCUT2D eigenvalue weighted by Crippen LogP contribution is -2.27. The molecule has 2 aliphatic rings. The van der Waals surface area contributed by atoms with Crippen LogP contribution in [0.5, 0.6) is 5.75 Å². The maximum absolute atomic E-state index is 13.7. The monoisotopic (exact) mass is 484 g/mol. The van der Waals surface area contributed by atoms with E-state index in [4.69, 9.17) is 14.2 Å². The van der Waals surface area contributed by atoms with E-state index in [1.165, 1.54) is 6.08 Å². The van der Waals surface area contributed by atoms with Crippen molar-refractivity contribution in [3.63, 3.8) is 0 Å². The molecule has 3 rings (SSSR count). The third kappa shape index (κ3) is 7.21. The number of carbonyl (C=O) groups is 1. The molecular formula is C25H34F2O7. The molecule has 1 aromatic rings. The molecule has 1 aliphatic heterocycles. The van der Waals surface area contributed by atoms with Crippen molar-refractivity contribution in [2.24, 2.45) is 17.8 Å². The van der Waals surface area contributed by atoms with E-state index in [0.29, 0.717) is 26.1 Å². The van der Waals surface area contributed by atoms with E-state index >= 15 is 0 Å². The van der Waals surface area contributed by atoms with Crippen LogP contribution in [0.15, 0.2) is 30.4 Å². The molecule has 9 heteroatoms. The molecule has 7 atom stereocenters. The zero-order chi connectivity index (χ0) is 24.7. The fraction of sp³-hybridized carbons (Fsp3) is 0.640. The van der Waals surface area contributed by atoms with Crippen LogP contribution in [0.2, 0.25) is 0 Å². The number of carboxylic acids is 1. The number of halogens is 2. The van der Waals surface area contributed by atoms with Gasteiger partial charge in [0.2, 0.25) is 0 Å². The molecule has 0 spiro atoms. The van der Waals surface area contributed by atoms with Crippen molar-refractivity contribution < 1.29 is 43.1 Å². The van der Waals surface area contributed by atoms with Gasteiger partial charge in [0.05, 0.1) is 25.4 Å². The first-order chi connectivity index (χ1) is 16.3. The number of carboxylic acid groups (broad SMARTS) is 1. The van der Waals surface area contributed by atoms with Crippen LogP contribution < -0.4 is 4.74 Å². The van der Waals surface area contributed by atoms with Crippen molar-refractivity contribution in [2.75, 3.05) is 19.8 Å². The van der Waals surface area contributed by atoms with Gasteiger partial charge in [-0.3, -0.25) is 0 Å². The van der Waals surface area contributed by atoms with E-state index in [2.05, 4.69) is 0 Å². The number of aliphatic hydroxyl groups is 2. The number of fused-ring (bicyclic) bond motifs is 1. The largest absolute Gasteiger partial charge is 0.487 e. The Balaban J connectivity index is 1.51. The minimum absolute atomic E-state index is 0.0518. The summed E-state index contributed by atoms with van der Waals surface area (Å²) in [6.07, 6.45) is 3.84. The maximum Gasteiger partial charge on any atom is 0.332 e. The summed E-state index contributed by atoms with van der Waals surface area (Å²) in [5, 5.41) is 30.0. The summed E-state index contributed by atoms with van der Waals surface area (Å²) in [7, 11) is 0. The van der Waals surface area contributed by atoms with Crippen molar-refractivity contribution in [2.45, 2.75) is 63.4 Å². The highest BCUT2D eigenvalue weighted by Gasteiger charge is 2.43. The van der Waals surface area contributed by atoms with Gasteiger partial charge in [0.15, 0.2) is 17.7 Å². The van der Waals surface area contributed by atoms with E-state index in [9.17, 15) is 28.9 Å². The highest BCUT2D eigenvalue weighted by Crippen LogP contribution is 2.41. The molecule has 0 aromatic heterocycles. The predicted octanol–water partition coefficient (Wildman–Crippen LogP) is 3.32. The first-order valence-electron chi connectivity index (χ1n) is 11.9. The second-order valence-corrected chi connectivity index (χ2v) is 9.15. The lowest BCUT2D eigenvalue weighted by Gasteiger charge is -2.21. The van der Waals surface area contributed by atoms with Gasteiger partial charge < -0.3 is 29.5 Å². The Bertz CT molecular complexity index is 833. The van der Waals surface area contributed by atoms with Crippen molar-refractivity contribution in [1.82, 2.24) is 0 Å². The van der Waals surface area contributed by atoms with Gasteiger partial charge in [-0.1, -0.05) is 25.5 Å². The third-order valence-corrected chi connectivity index (χ3v) is 6.56. The van der Waals surface area contributed by atoms with E-state index in [0.717, 1.165) is 37.5 Å². The van der Waals surface area contributed by atoms with Crippen LogP contribution in [0.25, 0.3) is 0 Å². The molecule has 1 saturated heterocycles. The fourth-order valence-corrected chi connectivity index (χ4v) is 4.71. The van der Waals surface area contributed by atoms with Crippen molar-refractivity contribution in [3.8, 4) is 5.75 Å². The van der Waals surface area contributed by atoms with E-state index in [-0.39, 0.29) is 36.2 Å². The lowest BCUT2D eigenvalue weighted by molar-refractivity contribution is -0.152. The van der Waals surface area contributed by atoms with Crippen LogP contribution in [0.4, 0.5) is 8.78 Å². The maximum atomic E-state index is 13.7. The molecular weight excluding hydrogens is 450 g/mol. The Morgan fingerprint density at radius 3 is 2.85 bits per heavy atom. The molecule has 1 aromatic carbocycles. The zero-order valence-electron chi connectivity index (χ0n) is 19.3. The Labute approximate surface area is 198 Å². The molecule has 1 heterocycles. The molecule has 0 radical (unpaired) electrons. The van der Waals surface area contributed by atoms with Crippen molar-refractivity contribution >= 4 is 5.97 Å². The summed E-state index contributed by atoms with van der Waals surface area (Å²) >= 11 is 0. The summed E-state index contributed by atoms with van der Waals surface area (Å²) in [5.41, 5.74) is 0. The van der Waals surface area contributed by atoms with Crippen LogP contribution in [-0.4, -0.2) is 65.5 Å². The number of rotatable bonds is 11. The molecule has 1 saturated carbocycles. The SMILES string of the molecule is CCCC(OC[C@@H]1CC[C@@H]2[C@@H](C=C[C@@H](O)COc3cc(F)ccc3F)[C@H](O)C[C@@H]2OC1)C(=O)O. The van der Waals surface area contributed by atoms with Gasteiger partial charge in [-0.15, -0.1) is 0 Å². The van der Waals surface area contributed by atoms with Crippen LogP contribution in [0.3, 0.4) is 0 Å². The highest BCUT2D eigenvalue weighted by molar-refractivity contribution is 5.72. The van der Waals surface area contributed by atoms with E-state index < -0.39 is 35.9 Å². The minimum atomic E-state index is -1.06. The number of aliphatic hydroxyl groups excluding tert-OH is 2. The predicted molar refractivity (Wildman–Crippen MR) is 119 cm³/mol. The highest BCUT2D eigenvalue weighted by atomic mass is 19.1. The molecule has 7 nitrogen and oxygen atoms in total. The van der Waals surface area contributed by atoms with Crippen LogP contribution in [0, 0.1) is 29.4 Å². The fourth-order valence-electron chi connectivity index (χ4n) is 4.71. The second-order valence-electron chi connectivity index (χ2n) is 9.15. The van der Waals surface area contributed by atoms with Gasteiger partial charge in [-0.25, -0.2) is 13.6 Å². The number of ether oxygens (including phenoxy) is 3. The summed E-state index contributed by atoms with van der Waals surface area (Å²) in [6.45, 7) is 2.41. The van der Waals surface area contributed by atoms with Gasteiger partial charge in [-0.05, 0) is 37.3 Å². The number of benzene rings is 1. The zero-order valence-corrected chi connectivity index (χ0v) is 19.3. The molecule has 1 aliphatic carbocycles. The Hall–Kier alpha value is -2.07. The quantitative estimate of drug-likeness (QED) is 0.414. The lowest BCUT2D eigenvalue weighted by atomic mass is 9.87. The van der Waals surface area contributed by atoms with Crippen molar-refractivity contribution in [3.05, 3.63) is 42.0 Å². The topological polar surface area (TPSA) is 105 Å². The van der Waals surface area contributed by atoms with Crippen LogP contribution >= 0.6 is 0 Å². The summed E-state index contributed by atoms with van der Waals surface area (Å²) in [6, 6.07) is 2.86. The molecule has 190 valence electrons. The molecule has 34 heavy (non-hydrogen) atoms. The molecule has 1 unspecified atom stereocenters. The number of hydrogen-bond acceptors (Lipinski definition) is 6. The van der Waals surface area contributed by atoms with Gasteiger partial charge in [-0.2, -0.15) is 0 Å². The van der Waals surface area contributed by atoms with Crippen LogP contribution in [0.1, 0.15) is 39.0 Å². The Morgan fingerprint density at radius 1 is 1.32 bits per heavy atom. The smallest absolute Gasteiger partial charge is 0.332 e. The third-order valence-electron chi connectivity index (χ3n) is 6.56. The van der Waals surface area contributed by atoms with Crippen LogP contribution in [-0.2, 0) is 14.3 Å². The second kappa shape index (κ2) is 12.6. The average Bonchev–Trinajstić information content (AvgIpc) is 2.96. The summed E-state index contributed by atoms with van der Waals surface area (Å²) < 4.78 is 43.8. The van der Waals surface area contributed by atoms with Gasteiger partial charge in [0.25, 0.3) is 0 Å².